The van der Waals surface area contributed by atoms with E-state index in [1.54, 1.807) is 0 Å². The topological polar surface area (TPSA) is 58.4 Å². The van der Waals surface area contributed by atoms with E-state index in [0.717, 1.165) is 23.4 Å². The zero-order valence-electron chi connectivity index (χ0n) is 16.1. The van der Waals surface area contributed by atoms with E-state index >= 15 is 0 Å². The maximum Gasteiger partial charge on any atom is 0.223 e. The molecule has 0 unspecified atom stereocenters. The lowest BCUT2D eigenvalue weighted by Crippen LogP contribution is -2.38. The Morgan fingerprint density at radius 3 is 2.32 bits per heavy atom. The number of carbonyl (C=O) groups is 1. The van der Waals surface area contributed by atoms with Crippen LogP contribution in [-0.2, 0) is 17.6 Å². The number of hydrogen-bond acceptors (Lipinski definition) is 4. The van der Waals surface area contributed by atoms with Gasteiger partial charge in [0.2, 0.25) is 5.91 Å². The largest absolute Gasteiger partial charge is 0.378 e. The Hall–Kier alpha value is -2.30. The molecule has 1 amide bonds. The average molecular weight is 343 g/mol. The Balaban J connectivity index is 1.88. The molecule has 0 spiro atoms. The van der Waals surface area contributed by atoms with Crippen LogP contribution >= 0.6 is 0 Å². The summed E-state index contributed by atoms with van der Waals surface area (Å²) in [6, 6.07) is 8.52. The summed E-state index contributed by atoms with van der Waals surface area (Å²) >= 11 is 0. The van der Waals surface area contributed by atoms with Crippen molar-refractivity contribution in [2.75, 3.05) is 19.0 Å². The van der Waals surface area contributed by atoms with Crippen molar-refractivity contribution in [3.63, 3.8) is 0 Å². The van der Waals surface area contributed by atoms with Crippen molar-refractivity contribution in [3.8, 4) is 0 Å². The van der Waals surface area contributed by atoms with Crippen LogP contribution in [0.25, 0.3) is 0 Å². The molecule has 2 rings (SSSR count). The molecular weight excluding hydrogens is 314 g/mol. The first-order valence-corrected chi connectivity index (χ1v) is 8.76. The van der Waals surface area contributed by atoms with Gasteiger partial charge in [-0.25, -0.2) is 0 Å². The Labute approximate surface area is 150 Å². The highest BCUT2D eigenvalue weighted by atomic mass is 16.5. The molecule has 0 bridgehead atoms. The molecule has 1 N–H and O–H groups in total. The van der Waals surface area contributed by atoms with Gasteiger partial charge in [0.15, 0.2) is 0 Å². The Morgan fingerprint density at radius 1 is 1.16 bits per heavy atom. The SMILES string of the molecule is Cc1noc(C)c1C[C@@H](C)C(=O)N[C@@H](C)Cc1ccc(N(C)C)cc1. The second kappa shape index (κ2) is 8.19. The number of aromatic nitrogens is 1. The van der Waals surface area contributed by atoms with Crippen LogP contribution in [0.15, 0.2) is 28.8 Å². The summed E-state index contributed by atoms with van der Waals surface area (Å²) in [5.74, 6) is 0.749. The molecule has 0 saturated carbocycles. The van der Waals surface area contributed by atoms with Gasteiger partial charge in [-0.15, -0.1) is 0 Å². The summed E-state index contributed by atoms with van der Waals surface area (Å²) in [4.78, 5) is 14.5. The van der Waals surface area contributed by atoms with E-state index in [9.17, 15) is 4.79 Å². The van der Waals surface area contributed by atoms with Gasteiger partial charge in [0.25, 0.3) is 0 Å². The molecule has 5 nitrogen and oxygen atoms in total. The molecule has 136 valence electrons. The second-order valence-electron chi connectivity index (χ2n) is 7.08. The molecule has 1 aromatic heterocycles. The van der Waals surface area contributed by atoms with Gasteiger partial charge < -0.3 is 14.7 Å². The van der Waals surface area contributed by atoms with Gasteiger partial charge in [-0.2, -0.15) is 0 Å². The van der Waals surface area contributed by atoms with Crippen molar-refractivity contribution in [1.82, 2.24) is 10.5 Å². The minimum atomic E-state index is -0.115. The third-order valence-corrected chi connectivity index (χ3v) is 4.52. The summed E-state index contributed by atoms with van der Waals surface area (Å²) < 4.78 is 5.18. The molecule has 1 aromatic carbocycles. The van der Waals surface area contributed by atoms with Crippen LogP contribution in [0.1, 0.15) is 36.4 Å². The van der Waals surface area contributed by atoms with Gasteiger partial charge in [-0.1, -0.05) is 24.2 Å². The maximum atomic E-state index is 12.5. The quantitative estimate of drug-likeness (QED) is 0.838. The van der Waals surface area contributed by atoms with Crippen molar-refractivity contribution in [1.29, 1.82) is 0 Å². The monoisotopic (exact) mass is 343 g/mol. The number of anilines is 1. The third-order valence-electron chi connectivity index (χ3n) is 4.52. The summed E-state index contributed by atoms with van der Waals surface area (Å²) in [6.45, 7) is 7.79. The summed E-state index contributed by atoms with van der Waals surface area (Å²) in [5, 5.41) is 7.07. The zero-order chi connectivity index (χ0) is 18.6. The smallest absolute Gasteiger partial charge is 0.223 e. The van der Waals surface area contributed by atoms with Gasteiger partial charge >= 0.3 is 0 Å². The van der Waals surface area contributed by atoms with Crippen LogP contribution < -0.4 is 10.2 Å². The van der Waals surface area contributed by atoms with Crippen molar-refractivity contribution >= 4 is 11.6 Å². The minimum Gasteiger partial charge on any atom is -0.378 e. The number of benzene rings is 1. The number of amides is 1. The van der Waals surface area contributed by atoms with Gasteiger partial charge in [0, 0.05) is 37.3 Å². The number of rotatable bonds is 7. The first-order chi connectivity index (χ1) is 11.8. The van der Waals surface area contributed by atoms with E-state index in [1.807, 2.05) is 41.8 Å². The number of aryl methyl sites for hydroxylation is 2. The third kappa shape index (κ3) is 5.08. The summed E-state index contributed by atoms with van der Waals surface area (Å²) in [7, 11) is 4.05. The standard InChI is InChI=1S/C20H29N3O2/c1-13(11-19-15(3)22-25-16(19)4)20(24)21-14(2)12-17-7-9-18(10-8-17)23(5)6/h7-10,13-14H,11-12H2,1-6H3,(H,21,24)/t13-,14+/m1/s1. The van der Waals surface area contributed by atoms with Crippen molar-refractivity contribution < 1.29 is 9.32 Å². The van der Waals surface area contributed by atoms with Crippen LogP contribution in [0.2, 0.25) is 0 Å². The lowest BCUT2D eigenvalue weighted by atomic mass is 9.98. The van der Waals surface area contributed by atoms with Crippen LogP contribution in [0.3, 0.4) is 0 Å². The molecule has 0 radical (unpaired) electrons. The molecule has 0 saturated heterocycles. The van der Waals surface area contributed by atoms with Crippen LogP contribution in [0.4, 0.5) is 5.69 Å². The van der Waals surface area contributed by atoms with Crippen molar-refractivity contribution in [3.05, 3.63) is 46.8 Å². The number of carbonyl (C=O) groups excluding carboxylic acids is 1. The predicted octanol–water partition coefficient (Wildman–Crippen LogP) is 3.28. The summed E-state index contributed by atoms with van der Waals surface area (Å²) in [6.07, 6.45) is 1.47. The lowest BCUT2D eigenvalue weighted by Gasteiger charge is -2.18. The molecule has 0 aliphatic carbocycles. The van der Waals surface area contributed by atoms with E-state index in [2.05, 4.69) is 39.6 Å². The molecule has 0 fully saturated rings. The predicted molar refractivity (Wildman–Crippen MR) is 101 cm³/mol. The second-order valence-corrected chi connectivity index (χ2v) is 7.08. The van der Waals surface area contributed by atoms with Crippen molar-refractivity contribution in [2.45, 2.75) is 46.6 Å². The highest BCUT2D eigenvalue weighted by molar-refractivity contribution is 5.79. The van der Waals surface area contributed by atoms with E-state index in [4.69, 9.17) is 4.52 Å². The average Bonchev–Trinajstić information content (AvgIpc) is 2.87. The highest BCUT2D eigenvalue weighted by Gasteiger charge is 2.20. The number of hydrogen-bond donors (Lipinski definition) is 1. The van der Waals surface area contributed by atoms with Crippen molar-refractivity contribution in [2.24, 2.45) is 5.92 Å². The van der Waals surface area contributed by atoms with Crippen LogP contribution in [0.5, 0.6) is 0 Å². The number of nitrogens with one attached hydrogen (secondary N) is 1. The van der Waals surface area contributed by atoms with Crippen LogP contribution in [-0.4, -0.2) is 31.2 Å². The highest BCUT2D eigenvalue weighted by Crippen LogP contribution is 2.18. The van der Waals surface area contributed by atoms with E-state index in [1.165, 1.54) is 11.3 Å². The first kappa shape index (κ1) is 19.0. The molecule has 25 heavy (non-hydrogen) atoms. The fraction of sp³-hybridized carbons (Fsp3) is 0.500. The van der Waals surface area contributed by atoms with Gasteiger partial charge in [-0.05, 0) is 51.3 Å². The number of nitrogens with zero attached hydrogens (tertiary/aromatic N) is 2. The molecule has 0 aliphatic rings. The minimum absolute atomic E-state index is 0.0670. The van der Waals surface area contributed by atoms with Gasteiger partial charge in [0.1, 0.15) is 5.76 Å². The fourth-order valence-corrected chi connectivity index (χ4v) is 2.91. The normalized spacial score (nSPS) is 13.4. The van der Waals surface area contributed by atoms with E-state index < -0.39 is 0 Å². The Bertz CT molecular complexity index is 685. The van der Waals surface area contributed by atoms with E-state index in [-0.39, 0.29) is 17.9 Å². The molecule has 2 atom stereocenters. The van der Waals surface area contributed by atoms with Crippen LogP contribution in [0, 0.1) is 19.8 Å². The lowest BCUT2D eigenvalue weighted by molar-refractivity contribution is -0.125. The molecule has 2 aromatic rings. The van der Waals surface area contributed by atoms with E-state index in [0.29, 0.717) is 6.42 Å². The molecule has 1 heterocycles. The fourth-order valence-electron chi connectivity index (χ4n) is 2.91. The van der Waals surface area contributed by atoms with Gasteiger partial charge in [0.05, 0.1) is 5.69 Å². The zero-order valence-corrected chi connectivity index (χ0v) is 16.1. The Kier molecular flexibility index (Phi) is 6.23. The first-order valence-electron chi connectivity index (χ1n) is 8.76. The molecule has 0 aliphatic heterocycles. The molecular formula is C20H29N3O2. The maximum absolute atomic E-state index is 12.5. The Morgan fingerprint density at radius 2 is 1.80 bits per heavy atom. The summed E-state index contributed by atoms with van der Waals surface area (Å²) in [5.41, 5.74) is 4.30. The molecule has 5 heteroatoms. The van der Waals surface area contributed by atoms with Gasteiger partial charge in [-0.3, -0.25) is 4.79 Å².